The van der Waals surface area contributed by atoms with Gasteiger partial charge < -0.3 is 19.1 Å². The van der Waals surface area contributed by atoms with Gasteiger partial charge in [0.2, 0.25) is 15.9 Å². The molecule has 0 unspecified atom stereocenters. The molecular weight excluding hydrogens is 764 g/mol. The average molecular weight is 791 g/mol. The van der Waals surface area contributed by atoms with Crippen LogP contribution in [0.25, 0.3) is 10.9 Å². The maximum absolute atomic E-state index is 13.9. The number of pyridine rings is 1. The summed E-state index contributed by atoms with van der Waals surface area (Å²) in [5, 5.41) is -0.166. The van der Waals surface area contributed by atoms with Crippen LogP contribution in [0.4, 0.5) is 32.0 Å². The topological polar surface area (TPSA) is 124 Å². The number of fused-ring (bicyclic) bond motifs is 2. The average Bonchev–Trinajstić information content (AvgIpc) is 3.33. The molecule has 0 atom stereocenters. The van der Waals surface area contributed by atoms with Gasteiger partial charge in [-0.15, -0.1) is 0 Å². The molecule has 1 N–H and O–H groups in total. The molecule has 5 rings (SSSR count). The van der Waals surface area contributed by atoms with Crippen molar-refractivity contribution < 1.29 is 58.6 Å². The van der Waals surface area contributed by atoms with Gasteiger partial charge in [0, 0.05) is 32.9 Å². The molecule has 0 spiro atoms. The molecule has 0 radical (unpaired) electrons. The quantitative estimate of drug-likeness (QED) is 0.170. The highest BCUT2D eigenvalue weighted by molar-refractivity contribution is 9.10. The summed E-state index contributed by atoms with van der Waals surface area (Å²) in [6, 6.07) is 11.6. The fourth-order valence-corrected chi connectivity index (χ4v) is 7.00. The third kappa shape index (κ3) is 8.40. The standard InChI is InChI=1S/C32H26BrF6N3O7S/c1-17-10-18(14-50(45,46)41-25(43)12-19-11-20(33)6-8-24(19)47-2)5-7-23(17)42-13-22-26(30(42)44)28(48-15-31(34,35)36)21-4-3-9-40-27(21)29(22)49-16-32(37,38)39/h3-11H,12-16H2,1-2H3,(H,41,43). The maximum Gasteiger partial charge on any atom is 0.422 e. The van der Waals surface area contributed by atoms with Crippen molar-refractivity contribution >= 4 is 54.4 Å². The second kappa shape index (κ2) is 14.0. The number of sulfonamides is 1. The van der Waals surface area contributed by atoms with Crippen molar-refractivity contribution in [3.63, 3.8) is 0 Å². The monoisotopic (exact) mass is 789 g/mol. The number of anilines is 1. The molecule has 1 aliphatic heterocycles. The van der Waals surface area contributed by atoms with E-state index in [1.807, 2.05) is 4.72 Å². The molecule has 50 heavy (non-hydrogen) atoms. The third-order valence-corrected chi connectivity index (χ3v) is 9.12. The molecule has 0 saturated heterocycles. The SMILES string of the molecule is COc1ccc(Br)cc1CC(=O)NS(=O)(=O)Cc1ccc(N2Cc3c(c(OCC(F)(F)F)c4cccnc4c3OCC(F)(F)F)C2=O)c(C)c1. The van der Waals surface area contributed by atoms with Crippen molar-refractivity contribution in [3.8, 4) is 17.2 Å². The van der Waals surface area contributed by atoms with E-state index in [4.69, 9.17) is 14.2 Å². The Bertz CT molecular complexity index is 2090. The van der Waals surface area contributed by atoms with E-state index in [-0.39, 0.29) is 34.1 Å². The number of carbonyl (C=O) groups is 2. The van der Waals surface area contributed by atoms with Crippen LogP contribution in [0, 0.1) is 6.92 Å². The highest BCUT2D eigenvalue weighted by Crippen LogP contribution is 2.46. The Morgan fingerprint density at radius 1 is 1.00 bits per heavy atom. The number of ether oxygens (including phenoxy) is 3. The van der Waals surface area contributed by atoms with E-state index in [0.29, 0.717) is 21.3 Å². The lowest BCUT2D eigenvalue weighted by molar-refractivity contribution is -0.154. The third-order valence-electron chi connectivity index (χ3n) is 7.38. The van der Waals surface area contributed by atoms with Crippen molar-refractivity contribution in [2.24, 2.45) is 0 Å². The second-order valence-corrected chi connectivity index (χ2v) is 13.8. The van der Waals surface area contributed by atoms with Gasteiger partial charge >= 0.3 is 12.4 Å². The van der Waals surface area contributed by atoms with E-state index < -0.39 is 76.8 Å². The van der Waals surface area contributed by atoms with Gasteiger partial charge in [0.15, 0.2) is 19.0 Å². The summed E-state index contributed by atoms with van der Waals surface area (Å²) in [5.74, 6) is -2.93. The molecule has 0 bridgehead atoms. The van der Waals surface area contributed by atoms with Crippen molar-refractivity contribution in [1.29, 1.82) is 0 Å². The number of benzene rings is 3. The summed E-state index contributed by atoms with van der Waals surface area (Å²) in [4.78, 5) is 31.6. The first-order valence-corrected chi connectivity index (χ1v) is 16.9. The van der Waals surface area contributed by atoms with Crippen LogP contribution in [-0.4, -0.2) is 57.9 Å². The van der Waals surface area contributed by atoms with Gasteiger partial charge in [-0.25, -0.2) is 8.42 Å². The van der Waals surface area contributed by atoms with Crippen molar-refractivity contribution in [1.82, 2.24) is 9.71 Å². The Labute approximate surface area is 289 Å². The molecule has 4 aromatic rings. The van der Waals surface area contributed by atoms with Crippen molar-refractivity contribution in [2.45, 2.75) is 38.0 Å². The van der Waals surface area contributed by atoms with Crippen LogP contribution in [0.15, 0.2) is 59.2 Å². The largest absolute Gasteiger partial charge is 0.496 e. The van der Waals surface area contributed by atoms with Gasteiger partial charge in [-0.3, -0.25) is 19.3 Å². The zero-order valence-corrected chi connectivity index (χ0v) is 28.4. The predicted octanol–water partition coefficient (Wildman–Crippen LogP) is 6.55. The number of nitrogens with zero attached hydrogens (tertiary/aromatic N) is 2. The first kappa shape index (κ1) is 36.7. The van der Waals surface area contributed by atoms with Crippen LogP contribution in [0.3, 0.4) is 0 Å². The summed E-state index contributed by atoms with van der Waals surface area (Å²) in [7, 11) is -2.81. The van der Waals surface area contributed by atoms with Crippen LogP contribution in [0.1, 0.15) is 32.6 Å². The Morgan fingerprint density at radius 2 is 1.68 bits per heavy atom. The zero-order chi connectivity index (χ0) is 36.6. The second-order valence-electron chi connectivity index (χ2n) is 11.1. The van der Waals surface area contributed by atoms with Crippen LogP contribution in [-0.2, 0) is 33.5 Å². The molecule has 0 fully saturated rings. The predicted molar refractivity (Wildman–Crippen MR) is 172 cm³/mol. The lowest BCUT2D eigenvalue weighted by Crippen LogP contribution is -2.33. The molecule has 266 valence electrons. The van der Waals surface area contributed by atoms with Gasteiger partial charge in [-0.1, -0.05) is 28.1 Å². The Balaban J connectivity index is 1.43. The molecule has 2 amide bonds. The molecule has 1 aliphatic rings. The molecule has 18 heteroatoms. The molecule has 1 aromatic heterocycles. The molecule has 10 nitrogen and oxygen atoms in total. The minimum Gasteiger partial charge on any atom is -0.496 e. The number of aryl methyl sites for hydroxylation is 1. The van der Waals surface area contributed by atoms with E-state index in [0.717, 1.165) is 4.90 Å². The first-order chi connectivity index (χ1) is 23.4. The minimum atomic E-state index is -4.81. The summed E-state index contributed by atoms with van der Waals surface area (Å²) < 4.78 is 123. The van der Waals surface area contributed by atoms with Gasteiger partial charge in [0.25, 0.3) is 5.91 Å². The maximum atomic E-state index is 13.9. The summed E-state index contributed by atoms with van der Waals surface area (Å²) in [6.45, 7) is -2.46. The molecule has 2 heterocycles. The van der Waals surface area contributed by atoms with E-state index in [9.17, 15) is 44.3 Å². The van der Waals surface area contributed by atoms with Gasteiger partial charge in [0.05, 0.1) is 31.4 Å². The lowest BCUT2D eigenvalue weighted by Gasteiger charge is -2.19. The van der Waals surface area contributed by atoms with Crippen LogP contribution in [0.5, 0.6) is 17.2 Å². The van der Waals surface area contributed by atoms with Crippen molar-refractivity contribution in [2.75, 3.05) is 25.2 Å². The van der Waals surface area contributed by atoms with Crippen LogP contribution < -0.4 is 23.8 Å². The fourth-order valence-electron chi connectivity index (χ4n) is 5.48. The number of amides is 2. The van der Waals surface area contributed by atoms with E-state index in [1.165, 1.54) is 50.6 Å². The lowest BCUT2D eigenvalue weighted by atomic mass is 10.0. The highest BCUT2D eigenvalue weighted by atomic mass is 79.9. The fraction of sp³-hybridized carbons (Fsp3) is 0.281. The number of carbonyl (C=O) groups excluding carboxylic acids is 2. The summed E-state index contributed by atoms with van der Waals surface area (Å²) >= 11 is 3.29. The molecule has 3 aromatic carbocycles. The van der Waals surface area contributed by atoms with E-state index in [1.54, 1.807) is 18.2 Å². The number of methoxy groups -OCH3 is 1. The smallest absolute Gasteiger partial charge is 0.422 e. The molecule has 0 aliphatic carbocycles. The van der Waals surface area contributed by atoms with Gasteiger partial charge in [-0.05, 0) is 54.4 Å². The van der Waals surface area contributed by atoms with E-state index in [2.05, 4.69) is 20.9 Å². The highest BCUT2D eigenvalue weighted by Gasteiger charge is 2.40. The number of nitrogens with one attached hydrogen (secondary N) is 1. The van der Waals surface area contributed by atoms with Gasteiger partial charge in [-0.2, -0.15) is 26.3 Å². The Morgan fingerprint density at radius 3 is 2.32 bits per heavy atom. The molecular formula is C32H26BrF6N3O7S. The number of rotatable bonds is 11. The number of alkyl halides is 6. The number of hydrogen-bond acceptors (Lipinski definition) is 8. The Hall–Kier alpha value is -4.58. The van der Waals surface area contributed by atoms with E-state index >= 15 is 0 Å². The van der Waals surface area contributed by atoms with Gasteiger partial charge in [0.1, 0.15) is 17.0 Å². The van der Waals surface area contributed by atoms with Crippen molar-refractivity contribution in [3.05, 3.63) is 87.0 Å². The number of hydrogen-bond donors (Lipinski definition) is 1. The minimum absolute atomic E-state index is 0.166. The van der Waals surface area contributed by atoms with Crippen LogP contribution >= 0.6 is 15.9 Å². The summed E-state index contributed by atoms with van der Waals surface area (Å²) in [5.41, 5.74) is 0.338. The first-order valence-electron chi connectivity index (χ1n) is 14.5. The van der Waals surface area contributed by atoms with Crippen LogP contribution in [0.2, 0.25) is 0 Å². The zero-order valence-electron chi connectivity index (χ0n) is 26.0. The molecule has 0 saturated carbocycles. The Kier molecular flexibility index (Phi) is 10.3. The normalized spacial score (nSPS) is 13.4. The summed E-state index contributed by atoms with van der Waals surface area (Å²) in [6.07, 6.45) is -8.70. The number of halogens is 7. The number of aromatic nitrogens is 1.